The number of hydrogen-bond donors (Lipinski definition) is 7. The lowest BCUT2D eigenvalue weighted by Crippen LogP contribution is -2.67. The molecule has 0 aliphatic carbocycles. The molecule has 0 spiro atoms. The molecule has 0 saturated carbocycles. The van der Waals surface area contributed by atoms with Crippen molar-refractivity contribution < 1.29 is 25.2 Å². The molecule has 0 saturated heterocycles. The van der Waals surface area contributed by atoms with E-state index in [9.17, 15) is 25.2 Å². The molecule has 0 rings (SSSR count). The maximum atomic E-state index is 13.6. The van der Waals surface area contributed by atoms with Gasteiger partial charge in [-0.1, -0.05) is 27.7 Å². The van der Waals surface area contributed by atoms with Crippen LogP contribution in [0.1, 0.15) is 73.1 Å². The summed E-state index contributed by atoms with van der Waals surface area (Å²) >= 11 is 0. The molecule has 5 unspecified atom stereocenters. The van der Waals surface area contributed by atoms with E-state index in [4.69, 9.17) is 5.73 Å². The number of nitrogens with two attached hydrogens (primary N) is 1. The molecule has 0 bridgehead atoms. The quantitative estimate of drug-likeness (QED) is 0.186. The van der Waals surface area contributed by atoms with E-state index < -0.39 is 42.0 Å². The molecular weight excluding hydrogens is 374 g/mol. The second kappa shape index (κ2) is 12.9. The van der Waals surface area contributed by atoms with Crippen molar-refractivity contribution >= 4 is 5.78 Å². The number of Topliss-reactive ketones (excluding diaryl/α,β-unsaturated/α-hetero) is 1. The zero-order chi connectivity index (χ0) is 22.8. The minimum atomic E-state index is -1.66. The SMILES string of the molecule is CCC(CC)(CCC(C)N)NC(C(=O)C(CC)(CC)NC)C(O)C(O)C(O)CO. The fourth-order valence-corrected chi connectivity index (χ4v) is 3.93. The number of carbonyl (C=O) groups excluding carboxylic acids is 1. The first kappa shape index (κ1) is 28.4. The highest BCUT2D eigenvalue weighted by Gasteiger charge is 2.46. The zero-order valence-electron chi connectivity index (χ0n) is 19.1. The molecule has 0 aromatic heterocycles. The van der Waals surface area contributed by atoms with Gasteiger partial charge in [0.15, 0.2) is 5.78 Å². The Morgan fingerprint density at radius 2 is 1.52 bits per heavy atom. The van der Waals surface area contributed by atoms with Crippen LogP contribution in [0.5, 0.6) is 0 Å². The molecule has 0 radical (unpaired) electrons. The Morgan fingerprint density at radius 1 is 1.00 bits per heavy atom. The van der Waals surface area contributed by atoms with Gasteiger partial charge in [0.2, 0.25) is 0 Å². The van der Waals surface area contributed by atoms with Crippen molar-refractivity contribution in [2.45, 2.75) is 115 Å². The van der Waals surface area contributed by atoms with Crippen molar-refractivity contribution in [3.05, 3.63) is 0 Å². The average Bonchev–Trinajstić information content (AvgIpc) is 2.74. The fraction of sp³-hybridized carbons (Fsp3) is 0.952. The number of carbonyl (C=O) groups is 1. The summed E-state index contributed by atoms with van der Waals surface area (Å²) in [6.07, 6.45) is -0.916. The van der Waals surface area contributed by atoms with Crippen LogP contribution in [0.15, 0.2) is 0 Å². The van der Waals surface area contributed by atoms with E-state index in [2.05, 4.69) is 10.6 Å². The molecule has 0 fully saturated rings. The van der Waals surface area contributed by atoms with E-state index in [1.807, 2.05) is 34.6 Å². The third kappa shape index (κ3) is 7.24. The highest BCUT2D eigenvalue weighted by Crippen LogP contribution is 2.27. The first-order chi connectivity index (χ1) is 13.5. The van der Waals surface area contributed by atoms with Crippen molar-refractivity contribution in [1.82, 2.24) is 10.6 Å². The van der Waals surface area contributed by atoms with Gasteiger partial charge >= 0.3 is 0 Å². The van der Waals surface area contributed by atoms with Crippen molar-refractivity contribution in [2.75, 3.05) is 13.7 Å². The van der Waals surface area contributed by atoms with Crippen LogP contribution in [-0.4, -0.2) is 81.3 Å². The second-order valence-corrected chi connectivity index (χ2v) is 8.26. The van der Waals surface area contributed by atoms with Crippen LogP contribution >= 0.6 is 0 Å². The molecule has 0 aromatic rings. The zero-order valence-corrected chi connectivity index (χ0v) is 19.1. The van der Waals surface area contributed by atoms with Crippen LogP contribution in [0, 0.1) is 0 Å². The highest BCUT2D eigenvalue weighted by atomic mass is 16.4. The fourth-order valence-electron chi connectivity index (χ4n) is 3.93. The molecule has 8 N–H and O–H groups in total. The van der Waals surface area contributed by atoms with Gasteiger partial charge in [0, 0.05) is 11.6 Å². The number of aliphatic hydroxyl groups is 4. The van der Waals surface area contributed by atoms with Crippen LogP contribution < -0.4 is 16.4 Å². The van der Waals surface area contributed by atoms with Crippen LogP contribution in [0.3, 0.4) is 0 Å². The van der Waals surface area contributed by atoms with Crippen LogP contribution in [-0.2, 0) is 4.79 Å². The lowest BCUT2D eigenvalue weighted by Gasteiger charge is -2.43. The number of aliphatic hydroxyl groups excluding tert-OH is 4. The maximum Gasteiger partial charge on any atom is 0.172 e. The van der Waals surface area contributed by atoms with Gasteiger partial charge in [-0.2, -0.15) is 0 Å². The predicted octanol–water partition coefficient (Wildman–Crippen LogP) is 0.0531. The Kier molecular flexibility index (Phi) is 12.7. The largest absolute Gasteiger partial charge is 0.394 e. The van der Waals surface area contributed by atoms with Crippen molar-refractivity contribution in [3.63, 3.8) is 0 Å². The Morgan fingerprint density at radius 3 is 1.86 bits per heavy atom. The molecule has 0 heterocycles. The number of likely N-dealkylation sites (N-methyl/N-ethyl adjacent to an activating group) is 1. The molecule has 5 atom stereocenters. The molecule has 29 heavy (non-hydrogen) atoms. The molecular formula is C21H45N3O5. The number of rotatable bonds is 16. The minimum absolute atomic E-state index is 0.00201. The van der Waals surface area contributed by atoms with Gasteiger partial charge in [-0.3, -0.25) is 10.1 Å². The summed E-state index contributed by atoms with van der Waals surface area (Å²) in [4.78, 5) is 13.6. The number of hydrogen-bond acceptors (Lipinski definition) is 8. The van der Waals surface area contributed by atoms with Gasteiger partial charge in [0.1, 0.15) is 18.3 Å². The van der Waals surface area contributed by atoms with Crippen molar-refractivity contribution in [1.29, 1.82) is 0 Å². The molecule has 0 aromatic carbocycles. The van der Waals surface area contributed by atoms with Gasteiger partial charge in [-0.05, 0) is 52.5 Å². The maximum absolute atomic E-state index is 13.6. The van der Waals surface area contributed by atoms with Crippen LogP contribution in [0.25, 0.3) is 0 Å². The summed E-state index contributed by atoms with van der Waals surface area (Å²) in [7, 11) is 1.70. The first-order valence-electron chi connectivity index (χ1n) is 10.9. The monoisotopic (exact) mass is 419 g/mol. The van der Waals surface area contributed by atoms with E-state index >= 15 is 0 Å². The standard InChI is InChI=1S/C21H45N3O5/c1-7-20(8-2,12-11-14(5)22)24-16(18(28)17(27)15(26)13-25)19(29)21(9-3,10-4)23-6/h14-18,23-28H,7-13,22H2,1-6H3. The lowest BCUT2D eigenvalue weighted by molar-refractivity contribution is -0.139. The van der Waals surface area contributed by atoms with Gasteiger partial charge in [-0.15, -0.1) is 0 Å². The van der Waals surface area contributed by atoms with E-state index in [-0.39, 0.29) is 11.8 Å². The Hall–Kier alpha value is -0.610. The third-order valence-electron chi connectivity index (χ3n) is 6.61. The normalized spacial score (nSPS) is 18.2. The molecule has 8 nitrogen and oxygen atoms in total. The first-order valence-corrected chi connectivity index (χ1v) is 10.9. The van der Waals surface area contributed by atoms with Gasteiger partial charge in [0.05, 0.1) is 18.2 Å². The number of nitrogens with one attached hydrogen (secondary N) is 2. The summed E-state index contributed by atoms with van der Waals surface area (Å²) in [5.41, 5.74) is 4.61. The summed E-state index contributed by atoms with van der Waals surface area (Å²) < 4.78 is 0. The van der Waals surface area contributed by atoms with E-state index in [1.165, 1.54) is 0 Å². The third-order valence-corrected chi connectivity index (χ3v) is 6.61. The second-order valence-electron chi connectivity index (χ2n) is 8.26. The molecule has 0 amide bonds. The summed E-state index contributed by atoms with van der Waals surface area (Å²) in [6.45, 7) is 9.02. The predicted molar refractivity (Wildman–Crippen MR) is 116 cm³/mol. The van der Waals surface area contributed by atoms with Gasteiger partial charge < -0.3 is 31.5 Å². The van der Waals surface area contributed by atoms with Crippen LogP contribution in [0.4, 0.5) is 0 Å². The smallest absolute Gasteiger partial charge is 0.172 e. The molecule has 174 valence electrons. The topological polar surface area (TPSA) is 148 Å². The van der Waals surface area contributed by atoms with Crippen molar-refractivity contribution in [2.24, 2.45) is 5.73 Å². The molecule has 0 aliphatic rings. The van der Waals surface area contributed by atoms with Crippen molar-refractivity contribution in [3.8, 4) is 0 Å². The average molecular weight is 420 g/mol. The molecule has 0 aliphatic heterocycles. The minimum Gasteiger partial charge on any atom is -0.394 e. The summed E-state index contributed by atoms with van der Waals surface area (Å²) in [5, 5.41) is 46.7. The summed E-state index contributed by atoms with van der Waals surface area (Å²) in [5.74, 6) is -0.270. The Bertz CT molecular complexity index is 459. The van der Waals surface area contributed by atoms with Crippen LogP contribution in [0.2, 0.25) is 0 Å². The van der Waals surface area contributed by atoms with E-state index in [0.29, 0.717) is 32.1 Å². The highest BCUT2D eigenvalue weighted by molar-refractivity contribution is 5.93. The Balaban J connectivity index is 6.10. The van der Waals surface area contributed by atoms with Gasteiger partial charge in [0.25, 0.3) is 0 Å². The lowest BCUT2D eigenvalue weighted by atomic mass is 9.78. The van der Waals surface area contributed by atoms with Gasteiger partial charge in [-0.25, -0.2) is 0 Å². The summed E-state index contributed by atoms with van der Waals surface area (Å²) in [6, 6.07) is -1.12. The van der Waals surface area contributed by atoms with E-state index in [0.717, 1.165) is 6.42 Å². The van der Waals surface area contributed by atoms with E-state index in [1.54, 1.807) is 7.05 Å². The Labute approximate surface area is 176 Å². The number of ketones is 1. The molecule has 8 heteroatoms.